The molecular weight excluding hydrogens is 260 g/mol. The van der Waals surface area contributed by atoms with E-state index in [2.05, 4.69) is 5.32 Å². The summed E-state index contributed by atoms with van der Waals surface area (Å²) >= 11 is 0. The zero-order valence-electron chi connectivity index (χ0n) is 11.5. The number of halogens is 2. The highest BCUT2D eigenvalue weighted by Crippen LogP contribution is 2.31. The highest BCUT2D eigenvalue weighted by Gasteiger charge is 2.20. The van der Waals surface area contributed by atoms with Gasteiger partial charge in [-0.1, -0.05) is 25.1 Å². The number of ether oxygens (including phenoxy) is 1. The van der Waals surface area contributed by atoms with Crippen molar-refractivity contribution >= 4 is 0 Å². The van der Waals surface area contributed by atoms with Gasteiger partial charge < -0.3 is 10.1 Å². The Morgan fingerprint density at radius 2 is 1.85 bits per heavy atom. The van der Waals surface area contributed by atoms with Crippen LogP contribution in [0, 0.1) is 11.6 Å². The minimum atomic E-state index is -0.452. The molecule has 0 radical (unpaired) electrons. The van der Waals surface area contributed by atoms with Crippen molar-refractivity contribution in [3.05, 3.63) is 65.2 Å². The van der Waals surface area contributed by atoms with Crippen molar-refractivity contribution < 1.29 is 13.5 Å². The number of nitrogens with one attached hydrogen (secondary N) is 1. The topological polar surface area (TPSA) is 21.3 Å². The van der Waals surface area contributed by atoms with E-state index in [1.165, 1.54) is 25.3 Å². The van der Waals surface area contributed by atoms with Gasteiger partial charge in [-0.05, 0) is 30.8 Å². The molecule has 0 aliphatic rings. The van der Waals surface area contributed by atoms with E-state index >= 15 is 0 Å². The molecule has 2 aromatic carbocycles. The number of hydrogen-bond donors (Lipinski definition) is 1. The number of rotatable bonds is 5. The molecule has 1 atom stereocenters. The highest BCUT2D eigenvalue weighted by molar-refractivity contribution is 5.42. The summed E-state index contributed by atoms with van der Waals surface area (Å²) in [6, 6.07) is 10.3. The number of benzene rings is 2. The van der Waals surface area contributed by atoms with Crippen LogP contribution < -0.4 is 10.1 Å². The molecule has 0 spiro atoms. The van der Waals surface area contributed by atoms with Gasteiger partial charge in [0.05, 0.1) is 13.2 Å². The predicted octanol–water partition coefficient (Wildman–Crippen LogP) is 3.67. The van der Waals surface area contributed by atoms with Crippen LogP contribution in [0.1, 0.15) is 24.1 Å². The Bertz CT molecular complexity index is 586. The summed E-state index contributed by atoms with van der Waals surface area (Å²) in [6.45, 7) is 2.54. The summed E-state index contributed by atoms with van der Waals surface area (Å²) in [5.74, 6) is -0.176. The molecule has 2 nitrogen and oxygen atoms in total. The maximum atomic E-state index is 14.0. The molecule has 2 rings (SSSR count). The molecule has 1 unspecified atom stereocenters. The third-order valence-electron chi connectivity index (χ3n) is 3.13. The van der Waals surface area contributed by atoms with Crippen molar-refractivity contribution in [3.8, 4) is 5.75 Å². The molecule has 0 amide bonds. The molecule has 0 aromatic heterocycles. The SMILES string of the molecule is CCNC(c1ccccc1F)c1cc(F)ccc1OC. The maximum absolute atomic E-state index is 14.0. The highest BCUT2D eigenvalue weighted by atomic mass is 19.1. The van der Waals surface area contributed by atoms with E-state index in [0.29, 0.717) is 23.4 Å². The molecule has 0 saturated carbocycles. The normalized spacial score (nSPS) is 12.2. The molecule has 0 saturated heterocycles. The molecule has 0 bridgehead atoms. The van der Waals surface area contributed by atoms with Crippen LogP contribution in [-0.4, -0.2) is 13.7 Å². The van der Waals surface area contributed by atoms with Gasteiger partial charge in [0.2, 0.25) is 0 Å². The van der Waals surface area contributed by atoms with E-state index in [1.54, 1.807) is 24.3 Å². The number of methoxy groups -OCH3 is 1. The monoisotopic (exact) mass is 277 g/mol. The first-order valence-corrected chi connectivity index (χ1v) is 6.48. The van der Waals surface area contributed by atoms with Gasteiger partial charge >= 0.3 is 0 Å². The minimum absolute atomic E-state index is 0.329. The van der Waals surface area contributed by atoms with E-state index in [-0.39, 0.29) is 11.6 Å². The summed E-state index contributed by atoms with van der Waals surface area (Å²) in [6.07, 6.45) is 0. The van der Waals surface area contributed by atoms with Gasteiger partial charge in [0.1, 0.15) is 17.4 Å². The first-order valence-electron chi connectivity index (χ1n) is 6.48. The van der Waals surface area contributed by atoms with E-state index in [1.807, 2.05) is 6.92 Å². The lowest BCUT2D eigenvalue weighted by atomic mass is 9.97. The standard InChI is InChI=1S/C16H17F2NO/c1-3-19-16(12-6-4-5-7-14(12)18)13-10-11(17)8-9-15(13)20-2/h4-10,16,19H,3H2,1-2H3. The summed E-state index contributed by atoms with van der Waals surface area (Å²) in [5.41, 5.74) is 1.05. The van der Waals surface area contributed by atoms with Gasteiger partial charge in [-0.3, -0.25) is 0 Å². The molecule has 2 aromatic rings. The molecule has 0 fully saturated rings. The first kappa shape index (κ1) is 14.5. The third kappa shape index (κ3) is 2.96. The largest absolute Gasteiger partial charge is 0.496 e. The third-order valence-corrected chi connectivity index (χ3v) is 3.13. The summed E-state index contributed by atoms with van der Waals surface area (Å²) in [4.78, 5) is 0. The van der Waals surface area contributed by atoms with Crippen molar-refractivity contribution in [1.82, 2.24) is 5.32 Å². The van der Waals surface area contributed by atoms with E-state index in [4.69, 9.17) is 4.74 Å². The van der Waals surface area contributed by atoms with Crippen LogP contribution in [0.4, 0.5) is 8.78 Å². The zero-order chi connectivity index (χ0) is 14.5. The van der Waals surface area contributed by atoms with Crippen LogP contribution in [0.3, 0.4) is 0 Å². The molecule has 1 N–H and O–H groups in total. The van der Waals surface area contributed by atoms with Gasteiger partial charge in [0.15, 0.2) is 0 Å². The number of hydrogen-bond acceptors (Lipinski definition) is 2. The van der Waals surface area contributed by atoms with Gasteiger partial charge in [-0.2, -0.15) is 0 Å². The first-order chi connectivity index (χ1) is 9.67. The van der Waals surface area contributed by atoms with Crippen LogP contribution >= 0.6 is 0 Å². The molecule has 0 heterocycles. The molecule has 106 valence electrons. The van der Waals surface area contributed by atoms with Crippen LogP contribution in [0.2, 0.25) is 0 Å². The fraction of sp³-hybridized carbons (Fsp3) is 0.250. The zero-order valence-corrected chi connectivity index (χ0v) is 11.5. The van der Waals surface area contributed by atoms with Gasteiger partial charge in [0, 0.05) is 11.1 Å². The maximum Gasteiger partial charge on any atom is 0.128 e. The van der Waals surface area contributed by atoms with Crippen molar-refractivity contribution in [1.29, 1.82) is 0 Å². The van der Waals surface area contributed by atoms with Gasteiger partial charge in [-0.15, -0.1) is 0 Å². The second-order valence-corrected chi connectivity index (χ2v) is 4.40. The predicted molar refractivity (Wildman–Crippen MR) is 74.9 cm³/mol. The smallest absolute Gasteiger partial charge is 0.128 e. The Kier molecular flexibility index (Phi) is 4.69. The molecule has 0 aliphatic heterocycles. The lowest BCUT2D eigenvalue weighted by molar-refractivity contribution is 0.401. The van der Waals surface area contributed by atoms with Crippen LogP contribution in [0.5, 0.6) is 5.75 Å². The Hall–Kier alpha value is -1.94. The molecule has 4 heteroatoms. The lowest BCUT2D eigenvalue weighted by Crippen LogP contribution is -2.23. The summed E-state index contributed by atoms with van der Waals surface area (Å²) in [5, 5.41) is 3.17. The Morgan fingerprint density at radius 1 is 1.10 bits per heavy atom. The van der Waals surface area contributed by atoms with Crippen LogP contribution in [-0.2, 0) is 0 Å². The fourth-order valence-corrected chi connectivity index (χ4v) is 2.23. The van der Waals surface area contributed by atoms with Gasteiger partial charge in [-0.25, -0.2) is 8.78 Å². The molecular formula is C16H17F2NO. The summed E-state index contributed by atoms with van der Waals surface area (Å²) < 4.78 is 32.8. The molecule has 0 aliphatic carbocycles. The van der Waals surface area contributed by atoms with Crippen molar-refractivity contribution in [2.75, 3.05) is 13.7 Å². The Morgan fingerprint density at radius 3 is 2.50 bits per heavy atom. The van der Waals surface area contributed by atoms with E-state index in [0.717, 1.165) is 0 Å². The average Bonchev–Trinajstić information content (AvgIpc) is 2.46. The fourth-order valence-electron chi connectivity index (χ4n) is 2.23. The van der Waals surface area contributed by atoms with Crippen LogP contribution in [0.25, 0.3) is 0 Å². The summed E-state index contributed by atoms with van der Waals surface area (Å²) in [7, 11) is 1.51. The second-order valence-electron chi connectivity index (χ2n) is 4.40. The average molecular weight is 277 g/mol. The van der Waals surface area contributed by atoms with Gasteiger partial charge in [0.25, 0.3) is 0 Å². The van der Waals surface area contributed by atoms with Crippen molar-refractivity contribution in [3.63, 3.8) is 0 Å². The van der Waals surface area contributed by atoms with Crippen molar-refractivity contribution in [2.45, 2.75) is 13.0 Å². The lowest BCUT2D eigenvalue weighted by Gasteiger charge is -2.21. The van der Waals surface area contributed by atoms with Crippen LogP contribution in [0.15, 0.2) is 42.5 Å². The second kappa shape index (κ2) is 6.48. The minimum Gasteiger partial charge on any atom is -0.496 e. The quantitative estimate of drug-likeness (QED) is 0.900. The van der Waals surface area contributed by atoms with E-state index in [9.17, 15) is 8.78 Å². The molecule has 20 heavy (non-hydrogen) atoms. The van der Waals surface area contributed by atoms with E-state index < -0.39 is 6.04 Å². The Labute approximate surface area is 117 Å². The Balaban J connectivity index is 2.54. The van der Waals surface area contributed by atoms with Crippen molar-refractivity contribution in [2.24, 2.45) is 0 Å².